The van der Waals surface area contributed by atoms with E-state index in [1.807, 2.05) is 50.2 Å². The van der Waals surface area contributed by atoms with Crippen molar-refractivity contribution in [2.24, 2.45) is 0 Å². The molecule has 1 heterocycles. The highest BCUT2D eigenvalue weighted by Crippen LogP contribution is 2.34. The van der Waals surface area contributed by atoms with Crippen molar-refractivity contribution >= 4 is 30.9 Å². The summed E-state index contributed by atoms with van der Waals surface area (Å²) in [5.41, 5.74) is 2.13. The van der Waals surface area contributed by atoms with Crippen LogP contribution in [0.25, 0.3) is 10.9 Å². The Morgan fingerprint density at radius 1 is 0.818 bits per heavy atom. The Balaban J connectivity index is 1.82. The van der Waals surface area contributed by atoms with Crippen molar-refractivity contribution in [1.82, 2.24) is 8.69 Å². The molecular formula is C25H26N2O4S2. The molecular weight excluding hydrogens is 456 g/mol. The van der Waals surface area contributed by atoms with Gasteiger partial charge in [0.1, 0.15) is 4.90 Å². The monoisotopic (exact) mass is 482 g/mol. The van der Waals surface area contributed by atoms with Gasteiger partial charge in [0.2, 0.25) is 10.0 Å². The van der Waals surface area contributed by atoms with Gasteiger partial charge in [0.15, 0.2) is 0 Å². The summed E-state index contributed by atoms with van der Waals surface area (Å²) in [4.78, 5) is 0.0622. The van der Waals surface area contributed by atoms with Gasteiger partial charge in [-0.2, -0.15) is 0 Å². The Bertz CT molecular complexity index is 1480. The number of hydrogen-bond donors (Lipinski definition) is 1. The standard InChI is InChI=1S/C25H26N2O4S2/c1-19(2)22-14-9-15-23-25(22)24(18-27(23)33(30,31)21-12-7-4-8-13-21)32(28,29)26-17-16-20-10-5-3-6-11-20/h3-15,18-19,26H,16-17H2,1-2H3. The van der Waals surface area contributed by atoms with Gasteiger partial charge in [-0.15, -0.1) is 0 Å². The van der Waals surface area contributed by atoms with Crippen LogP contribution in [0.2, 0.25) is 0 Å². The maximum Gasteiger partial charge on any atom is 0.268 e. The SMILES string of the molecule is CC(C)c1cccc2c1c(S(=O)(=O)NCCc1ccccc1)cn2S(=O)(=O)c1ccccc1. The maximum atomic E-state index is 13.4. The average Bonchev–Trinajstić information content (AvgIpc) is 3.22. The number of aromatic nitrogens is 1. The maximum absolute atomic E-state index is 13.4. The van der Waals surface area contributed by atoms with Crippen LogP contribution in [-0.4, -0.2) is 27.4 Å². The zero-order valence-electron chi connectivity index (χ0n) is 18.5. The first kappa shape index (κ1) is 23.2. The van der Waals surface area contributed by atoms with Crippen molar-refractivity contribution in [3.8, 4) is 0 Å². The molecule has 0 saturated carbocycles. The normalized spacial score (nSPS) is 12.5. The lowest BCUT2D eigenvalue weighted by Crippen LogP contribution is -2.26. The fraction of sp³-hybridized carbons (Fsp3) is 0.200. The molecule has 4 aromatic rings. The molecule has 33 heavy (non-hydrogen) atoms. The highest BCUT2D eigenvalue weighted by molar-refractivity contribution is 7.91. The number of benzene rings is 3. The van der Waals surface area contributed by atoms with Crippen LogP contribution in [0.4, 0.5) is 0 Å². The molecule has 0 aliphatic carbocycles. The molecule has 1 N–H and O–H groups in total. The van der Waals surface area contributed by atoms with E-state index in [9.17, 15) is 16.8 Å². The summed E-state index contributed by atoms with van der Waals surface area (Å²) < 4.78 is 57.3. The predicted octanol–water partition coefficient (Wildman–Crippen LogP) is 4.52. The number of fused-ring (bicyclic) bond motifs is 1. The largest absolute Gasteiger partial charge is 0.268 e. The fourth-order valence-electron chi connectivity index (χ4n) is 3.89. The molecule has 0 aliphatic heterocycles. The molecule has 6 nitrogen and oxygen atoms in total. The Morgan fingerprint density at radius 3 is 2.09 bits per heavy atom. The first-order valence-corrected chi connectivity index (χ1v) is 13.6. The molecule has 1 aromatic heterocycles. The first-order chi connectivity index (χ1) is 15.7. The zero-order chi connectivity index (χ0) is 23.6. The van der Waals surface area contributed by atoms with Gasteiger partial charge in [0.25, 0.3) is 10.0 Å². The minimum Gasteiger partial charge on any atom is -0.240 e. The minimum atomic E-state index is -3.99. The van der Waals surface area contributed by atoms with Crippen LogP contribution in [0.15, 0.2) is 94.9 Å². The van der Waals surface area contributed by atoms with E-state index < -0.39 is 20.0 Å². The summed E-state index contributed by atoms with van der Waals surface area (Å²) in [7, 11) is -7.96. The van der Waals surface area contributed by atoms with Crippen LogP contribution < -0.4 is 4.72 Å². The van der Waals surface area contributed by atoms with Gasteiger partial charge in [0.05, 0.1) is 10.4 Å². The molecule has 8 heteroatoms. The Labute approximate surface area is 195 Å². The Morgan fingerprint density at radius 2 is 1.45 bits per heavy atom. The van der Waals surface area contributed by atoms with Crippen LogP contribution in [0.3, 0.4) is 0 Å². The highest BCUT2D eigenvalue weighted by atomic mass is 32.2. The summed E-state index contributed by atoms with van der Waals surface area (Å²) in [5, 5.41) is 0.430. The molecule has 0 unspecified atom stereocenters. The van der Waals surface area contributed by atoms with Crippen LogP contribution in [0.1, 0.15) is 30.9 Å². The van der Waals surface area contributed by atoms with Gasteiger partial charge < -0.3 is 0 Å². The molecule has 0 bridgehead atoms. The van der Waals surface area contributed by atoms with E-state index in [-0.39, 0.29) is 22.3 Å². The van der Waals surface area contributed by atoms with E-state index in [4.69, 9.17) is 0 Å². The fourth-order valence-corrected chi connectivity index (χ4v) is 6.60. The van der Waals surface area contributed by atoms with E-state index in [1.54, 1.807) is 30.3 Å². The lowest BCUT2D eigenvalue weighted by Gasteiger charge is -2.11. The molecule has 3 aromatic carbocycles. The lowest BCUT2D eigenvalue weighted by atomic mass is 9.99. The van der Waals surface area contributed by atoms with Crippen LogP contribution in [-0.2, 0) is 26.5 Å². The summed E-state index contributed by atoms with van der Waals surface area (Å²) in [6, 6.07) is 22.8. The van der Waals surface area contributed by atoms with Crippen molar-refractivity contribution < 1.29 is 16.8 Å². The van der Waals surface area contributed by atoms with Gasteiger partial charge in [-0.05, 0) is 41.7 Å². The van der Waals surface area contributed by atoms with Crippen molar-refractivity contribution in [2.75, 3.05) is 6.54 Å². The van der Waals surface area contributed by atoms with E-state index in [2.05, 4.69) is 4.72 Å². The number of hydrogen-bond acceptors (Lipinski definition) is 4. The number of rotatable bonds is 8. The Kier molecular flexibility index (Phi) is 6.43. The topological polar surface area (TPSA) is 85.2 Å². The van der Waals surface area contributed by atoms with Crippen LogP contribution in [0.5, 0.6) is 0 Å². The van der Waals surface area contributed by atoms with Gasteiger partial charge in [-0.3, -0.25) is 0 Å². The van der Waals surface area contributed by atoms with Crippen molar-refractivity contribution in [3.05, 3.63) is 96.2 Å². The second-order valence-corrected chi connectivity index (χ2v) is 11.7. The molecule has 0 fully saturated rings. The molecule has 0 radical (unpaired) electrons. The lowest BCUT2D eigenvalue weighted by molar-refractivity contribution is 0.582. The first-order valence-electron chi connectivity index (χ1n) is 10.7. The van der Waals surface area contributed by atoms with Crippen molar-refractivity contribution in [1.29, 1.82) is 0 Å². The number of nitrogens with one attached hydrogen (secondary N) is 1. The predicted molar refractivity (Wildman–Crippen MR) is 130 cm³/mol. The molecule has 172 valence electrons. The van der Waals surface area contributed by atoms with E-state index >= 15 is 0 Å². The summed E-state index contributed by atoms with van der Waals surface area (Å²) in [6.45, 7) is 4.11. The molecule has 0 spiro atoms. The number of nitrogens with zero attached hydrogens (tertiary/aromatic N) is 1. The summed E-state index contributed by atoms with van der Waals surface area (Å²) in [5.74, 6) is 0.00208. The quantitative estimate of drug-likeness (QED) is 0.400. The molecule has 0 atom stereocenters. The third-order valence-electron chi connectivity index (χ3n) is 5.55. The molecule has 0 amide bonds. The average molecular weight is 483 g/mol. The minimum absolute atomic E-state index is 0.00208. The number of sulfonamides is 1. The third kappa shape index (κ3) is 4.59. The molecule has 0 saturated heterocycles. The third-order valence-corrected chi connectivity index (χ3v) is 8.71. The highest BCUT2D eigenvalue weighted by Gasteiger charge is 2.28. The van der Waals surface area contributed by atoms with Crippen LogP contribution >= 0.6 is 0 Å². The van der Waals surface area contributed by atoms with Crippen LogP contribution in [0, 0.1) is 0 Å². The van der Waals surface area contributed by atoms with Crippen molar-refractivity contribution in [2.45, 2.75) is 36.0 Å². The molecule has 0 aliphatic rings. The van der Waals surface area contributed by atoms with Gasteiger partial charge in [-0.1, -0.05) is 74.5 Å². The van der Waals surface area contributed by atoms with Gasteiger partial charge in [0, 0.05) is 18.1 Å². The second-order valence-electron chi connectivity index (χ2n) is 8.14. The van der Waals surface area contributed by atoms with Crippen molar-refractivity contribution in [3.63, 3.8) is 0 Å². The van der Waals surface area contributed by atoms with E-state index in [0.717, 1.165) is 15.1 Å². The second kappa shape index (κ2) is 9.13. The summed E-state index contributed by atoms with van der Waals surface area (Å²) >= 11 is 0. The van der Waals surface area contributed by atoms with Gasteiger partial charge >= 0.3 is 0 Å². The molecule has 4 rings (SSSR count). The summed E-state index contributed by atoms with van der Waals surface area (Å²) in [6.07, 6.45) is 1.75. The van der Waals surface area contributed by atoms with E-state index in [1.165, 1.54) is 18.3 Å². The van der Waals surface area contributed by atoms with Gasteiger partial charge in [-0.25, -0.2) is 25.5 Å². The smallest absolute Gasteiger partial charge is 0.240 e. The van der Waals surface area contributed by atoms with E-state index in [0.29, 0.717) is 17.3 Å². The zero-order valence-corrected chi connectivity index (χ0v) is 20.1. The Hall–Kier alpha value is -2.94.